The fourth-order valence-electron chi connectivity index (χ4n) is 3.73. The number of halogens is 1. The first-order chi connectivity index (χ1) is 13.0. The summed E-state index contributed by atoms with van der Waals surface area (Å²) in [6.45, 7) is 3.08. The summed E-state index contributed by atoms with van der Waals surface area (Å²) in [6.07, 6.45) is 4.74. The van der Waals surface area contributed by atoms with E-state index < -0.39 is 0 Å². The summed E-state index contributed by atoms with van der Waals surface area (Å²) in [6, 6.07) is 6.74. The Kier molecular flexibility index (Phi) is 4.51. The lowest BCUT2D eigenvalue weighted by Crippen LogP contribution is -2.42. The molecular formula is C20H21FN4O2. The summed E-state index contributed by atoms with van der Waals surface area (Å²) in [5, 5.41) is 0.778. The van der Waals surface area contributed by atoms with Gasteiger partial charge >= 0.3 is 6.01 Å². The predicted molar refractivity (Wildman–Crippen MR) is 99.2 cm³/mol. The van der Waals surface area contributed by atoms with Crippen molar-refractivity contribution >= 4 is 16.8 Å². The fraction of sp³-hybridized carbons (Fsp3) is 0.350. The third kappa shape index (κ3) is 3.25. The number of nitrogens with zero attached hydrogens (tertiary/aromatic N) is 4. The molecule has 0 atom stereocenters. The van der Waals surface area contributed by atoms with Crippen LogP contribution < -0.4 is 4.74 Å². The molecule has 0 spiro atoms. The summed E-state index contributed by atoms with van der Waals surface area (Å²) in [5.41, 5.74) is 2.28. The van der Waals surface area contributed by atoms with Crippen molar-refractivity contribution in [3.8, 4) is 6.01 Å². The van der Waals surface area contributed by atoms with Gasteiger partial charge in [-0.25, -0.2) is 14.4 Å². The zero-order valence-electron chi connectivity index (χ0n) is 15.4. The van der Waals surface area contributed by atoms with E-state index >= 15 is 0 Å². The van der Waals surface area contributed by atoms with Crippen molar-refractivity contribution in [2.45, 2.75) is 25.9 Å². The molecule has 3 heterocycles. The number of hydrogen-bond donors (Lipinski definition) is 0. The summed E-state index contributed by atoms with van der Waals surface area (Å²) < 4.78 is 21.3. The van der Waals surface area contributed by atoms with Crippen LogP contribution in [0.15, 0.2) is 36.7 Å². The van der Waals surface area contributed by atoms with Crippen LogP contribution in [0.1, 0.15) is 28.9 Å². The maximum Gasteiger partial charge on any atom is 0.316 e. The number of benzene rings is 1. The van der Waals surface area contributed by atoms with Crippen LogP contribution in [0.3, 0.4) is 0 Å². The van der Waals surface area contributed by atoms with Crippen LogP contribution in [0.2, 0.25) is 0 Å². The Bertz CT molecular complexity index is 979. The second-order valence-corrected chi connectivity index (χ2v) is 6.83. The van der Waals surface area contributed by atoms with Gasteiger partial charge in [0.25, 0.3) is 5.91 Å². The van der Waals surface area contributed by atoms with E-state index in [9.17, 15) is 9.18 Å². The Morgan fingerprint density at radius 2 is 1.93 bits per heavy atom. The number of likely N-dealkylation sites (tertiary alicyclic amines) is 1. The quantitative estimate of drug-likeness (QED) is 0.713. The summed E-state index contributed by atoms with van der Waals surface area (Å²) in [5.74, 6) is -0.322. The summed E-state index contributed by atoms with van der Waals surface area (Å²) in [4.78, 5) is 23.1. The van der Waals surface area contributed by atoms with Crippen molar-refractivity contribution in [2.75, 3.05) is 13.1 Å². The first-order valence-corrected chi connectivity index (χ1v) is 9.02. The van der Waals surface area contributed by atoms with Gasteiger partial charge in [-0.3, -0.25) is 4.79 Å². The topological polar surface area (TPSA) is 60.3 Å². The smallest absolute Gasteiger partial charge is 0.316 e. The van der Waals surface area contributed by atoms with Gasteiger partial charge in [-0.2, -0.15) is 0 Å². The van der Waals surface area contributed by atoms with E-state index in [4.69, 9.17) is 4.74 Å². The minimum absolute atomic E-state index is 0.000808. The van der Waals surface area contributed by atoms with Gasteiger partial charge in [0, 0.05) is 56.3 Å². The number of amides is 1. The summed E-state index contributed by atoms with van der Waals surface area (Å²) in [7, 11) is 1.85. The van der Waals surface area contributed by atoms with E-state index in [-0.39, 0.29) is 17.8 Å². The molecule has 4 rings (SSSR count). The molecule has 1 fully saturated rings. The number of carbonyl (C=O) groups excluding carboxylic acids is 1. The largest absolute Gasteiger partial charge is 0.460 e. The highest BCUT2D eigenvalue weighted by molar-refractivity contribution is 6.01. The summed E-state index contributed by atoms with van der Waals surface area (Å²) >= 11 is 0. The van der Waals surface area contributed by atoms with Crippen molar-refractivity contribution in [1.82, 2.24) is 19.4 Å². The number of carbonyl (C=O) groups is 1. The second-order valence-electron chi connectivity index (χ2n) is 6.83. The van der Waals surface area contributed by atoms with Gasteiger partial charge in [-0.05, 0) is 36.8 Å². The molecule has 1 amide bonds. The molecule has 3 aromatic rings. The van der Waals surface area contributed by atoms with Gasteiger partial charge in [0.05, 0.1) is 0 Å². The molecule has 2 aromatic heterocycles. The average molecular weight is 368 g/mol. The predicted octanol–water partition coefficient (Wildman–Crippen LogP) is 3.10. The zero-order valence-corrected chi connectivity index (χ0v) is 15.4. The van der Waals surface area contributed by atoms with Gasteiger partial charge in [-0.1, -0.05) is 0 Å². The SMILES string of the molecule is Cc1c(C(=O)N2CCC(Oc3ncccn3)CC2)n(C)c2ccc(F)cc12. The van der Waals surface area contributed by atoms with E-state index in [0.717, 1.165) is 29.3 Å². The number of ether oxygens (including phenoxy) is 1. The number of fused-ring (bicyclic) bond motifs is 1. The molecule has 0 radical (unpaired) electrons. The zero-order chi connectivity index (χ0) is 19.0. The number of aryl methyl sites for hydroxylation is 2. The monoisotopic (exact) mass is 368 g/mol. The Hall–Kier alpha value is -2.96. The maximum absolute atomic E-state index is 13.6. The minimum Gasteiger partial charge on any atom is -0.460 e. The third-order valence-electron chi connectivity index (χ3n) is 5.16. The standard InChI is InChI=1S/C20H21FN4O2/c1-13-16-12-14(21)4-5-17(16)24(2)18(13)19(26)25-10-6-15(7-11-25)27-20-22-8-3-9-23-20/h3-5,8-9,12,15H,6-7,10-11H2,1-2H3. The van der Waals surface area contributed by atoms with Gasteiger partial charge in [0.1, 0.15) is 17.6 Å². The van der Waals surface area contributed by atoms with Crippen molar-refractivity contribution in [3.63, 3.8) is 0 Å². The molecule has 0 bridgehead atoms. The highest BCUT2D eigenvalue weighted by Gasteiger charge is 2.28. The lowest BCUT2D eigenvalue weighted by molar-refractivity contribution is 0.0570. The van der Waals surface area contributed by atoms with E-state index in [1.165, 1.54) is 12.1 Å². The molecule has 140 valence electrons. The van der Waals surface area contributed by atoms with Gasteiger partial charge in [-0.15, -0.1) is 0 Å². The molecule has 0 unspecified atom stereocenters. The van der Waals surface area contributed by atoms with Crippen LogP contribution in [0.5, 0.6) is 6.01 Å². The van der Waals surface area contributed by atoms with Crippen LogP contribution in [-0.4, -0.2) is 44.5 Å². The van der Waals surface area contributed by atoms with E-state index in [1.54, 1.807) is 24.5 Å². The molecule has 27 heavy (non-hydrogen) atoms. The van der Waals surface area contributed by atoms with Gasteiger partial charge in [0.15, 0.2) is 0 Å². The molecule has 1 saturated heterocycles. The van der Waals surface area contributed by atoms with Gasteiger partial charge < -0.3 is 14.2 Å². The Balaban J connectivity index is 1.49. The van der Waals surface area contributed by atoms with Crippen LogP contribution >= 0.6 is 0 Å². The Labute approximate surface area is 156 Å². The molecule has 0 saturated carbocycles. The highest BCUT2D eigenvalue weighted by Crippen LogP contribution is 2.27. The molecule has 1 aliphatic rings. The van der Waals surface area contributed by atoms with E-state index in [2.05, 4.69) is 9.97 Å². The molecule has 0 aliphatic carbocycles. The molecule has 1 aromatic carbocycles. The minimum atomic E-state index is -0.295. The van der Waals surface area contributed by atoms with Crippen molar-refractivity contribution in [1.29, 1.82) is 0 Å². The molecule has 1 aliphatic heterocycles. The maximum atomic E-state index is 13.6. The lowest BCUT2D eigenvalue weighted by atomic mass is 10.1. The first-order valence-electron chi connectivity index (χ1n) is 9.02. The number of hydrogen-bond acceptors (Lipinski definition) is 4. The molecule has 6 nitrogen and oxygen atoms in total. The molecular weight excluding hydrogens is 347 g/mol. The van der Waals surface area contributed by atoms with Crippen molar-refractivity contribution < 1.29 is 13.9 Å². The molecule has 7 heteroatoms. The normalized spacial score (nSPS) is 15.3. The van der Waals surface area contributed by atoms with E-state index in [0.29, 0.717) is 24.8 Å². The van der Waals surface area contributed by atoms with E-state index in [1.807, 2.05) is 23.4 Å². The number of rotatable bonds is 3. The Morgan fingerprint density at radius 1 is 1.22 bits per heavy atom. The van der Waals surface area contributed by atoms with Crippen molar-refractivity contribution in [2.24, 2.45) is 7.05 Å². The van der Waals surface area contributed by atoms with Crippen LogP contribution in [0.4, 0.5) is 4.39 Å². The number of aromatic nitrogens is 3. The average Bonchev–Trinajstić information content (AvgIpc) is 2.92. The molecule has 0 N–H and O–H groups in total. The van der Waals surface area contributed by atoms with Crippen LogP contribution in [-0.2, 0) is 7.05 Å². The Morgan fingerprint density at radius 3 is 2.63 bits per heavy atom. The van der Waals surface area contributed by atoms with Gasteiger partial charge in [0.2, 0.25) is 0 Å². The lowest BCUT2D eigenvalue weighted by Gasteiger charge is -2.32. The third-order valence-corrected chi connectivity index (χ3v) is 5.16. The highest BCUT2D eigenvalue weighted by atomic mass is 19.1. The van der Waals surface area contributed by atoms with Crippen LogP contribution in [0, 0.1) is 12.7 Å². The van der Waals surface area contributed by atoms with Crippen molar-refractivity contribution in [3.05, 3.63) is 53.7 Å². The first kappa shape index (κ1) is 17.5. The number of piperidine rings is 1. The second kappa shape index (κ2) is 6.98. The van der Waals surface area contributed by atoms with Crippen LogP contribution in [0.25, 0.3) is 10.9 Å². The fourth-order valence-corrected chi connectivity index (χ4v) is 3.73.